The first-order chi connectivity index (χ1) is 14.2. The van der Waals surface area contributed by atoms with Crippen LogP contribution in [0.3, 0.4) is 0 Å². The number of methoxy groups -OCH3 is 1. The Labute approximate surface area is 183 Å². The fourth-order valence-electron chi connectivity index (χ4n) is 3.72. The first-order valence-corrected chi connectivity index (χ1v) is 11.7. The van der Waals surface area contributed by atoms with Gasteiger partial charge in [-0.15, -0.1) is 0 Å². The van der Waals surface area contributed by atoms with Gasteiger partial charge < -0.3 is 9.64 Å². The van der Waals surface area contributed by atoms with Crippen LogP contribution >= 0.6 is 11.6 Å². The van der Waals surface area contributed by atoms with Crippen LogP contribution in [0.5, 0.6) is 5.75 Å². The standard InChI is InChI=1S/C22H27ClN2O4S/c1-16-7-6-12-25(14-16)30(27,28)21-13-17(10-11-19(21)23)22(26)24(2)15-18-8-4-5-9-20(18)29-3/h4-5,8-11,13,16H,6-7,12,14-15H2,1-3H3. The summed E-state index contributed by atoms with van der Waals surface area (Å²) in [7, 11) is -0.514. The van der Waals surface area contributed by atoms with Crippen molar-refractivity contribution in [3.63, 3.8) is 0 Å². The summed E-state index contributed by atoms with van der Waals surface area (Å²) < 4.78 is 33.2. The van der Waals surface area contributed by atoms with E-state index in [1.54, 1.807) is 20.2 Å². The van der Waals surface area contributed by atoms with Crippen LogP contribution in [0, 0.1) is 5.92 Å². The average molecular weight is 451 g/mol. The fourth-order valence-corrected chi connectivity index (χ4v) is 5.82. The molecule has 6 nitrogen and oxygen atoms in total. The van der Waals surface area contributed by atoms with Crippen molar-refractivity contribution in [1.29, 1.82) is 0 Å². The summed E-state index contributed by atoms with van der Waals surface area (Å²) in [5, 5.41) is 0.122. The number of sulfonamides is 1. The molecular weight excluding hydrogens is 424 g/mol. The van der Waals surface area contributed by atoms with Gasteiger partial charge in [-0.1, -0.05) is 36.7 Å². The highest BCUT2D eigenvalue weighted by Gasteiger charge is 2.31. The van der Waals surface area contributed by atoms with Crippen molar-refractivity contribution < 1.29 is 17.9 Å². The van der Waals surface area contributed by atoms with E-state index in [1.807, 2.05) is 31.2 Å². The van der Waals surface area contributed by atoms with Gasteiger partial charge in [0, 0.05) is 37.8 Å². The summed E-state index contributed by atoms with van der Waals surface area (Å²) in [4.78, 5) is 14.5. The lowest BCUT2D eigenvalue weighted by molar-refractivity contribution is 0.0784. The number of piperidine rings is 1. The maximum atomic E-state index is 13.2. The molecular formula is C22H27ClN2O4S. The second kappa shape index (κ2) is 9.37. The van der Waals surface area contributed by atoms with Crippen molar-refractivity contribution in [3.8, 4) is 5.75 Å². The summed E-state index contributed by atoms with van der Waals surface area (Å²) >= 11 is 6.24. The smallest absolute Gasteiger partial charge is 0.253 e. The Bertz CT molecular complexity index is 1030. The van der Waals surface area contributed by atoms with E-state index in [0.717, 1.165) is 18.4 Å². The molecule has 0 radical (unpaired) electrons. The van der Waals surface area contributed by atoms with Crippen molar-refractivity contribution >= 4 is 27.5 Å². The van der Waals surface area contributed by atoms with Gasteiger partial charge in [-0.25, -0.2) is 8.42 Å². The molecule has 0 spiro atoms. The van der Waals surface area contributed by atoms with Crippen LogP contribution < -0.4 is 4.74 Å². The average Bonchev–Trinajstić information content (AvgIpc) is 2.73. The molecule has 1 aliphatic heterocycles. The summed E-state index contributed by atoms with van der Waals surface area (Å²) in [5.41, 5.74) is 1.14. The number of nitrogens with zero attached hydrogens (tertiary/aromatic N) is 2. The van der Waals surface area contributed by atoms with Gasteiger partial charge in [0.1, 0.15) is 10.6 Å². The molecule has 1 unspecified atom stereocenters. The Balaban J connectivity index is 1.86. The van der Waals surface area contributed by atoms with Gasteiger partial charge >= 0.3 is 0 Å². The van der Waals surface area contributed by atoms with Crippen molar-refractivity contribution in [2.24, 2.45) is 5.92 Å². The summed E-state index contributed by atoms with van der Waals surface area (Å²) in [6, 6.07) is 11.9. The third-order valence-corrected chi connectivity index (χ3v) is 7.71. The Hall–Kier alpha value is -2.09. The second-order valence-electron chi connectivity index (χ2n) is 7.73. The van der Waals surface area contributed by atoms with E-state index in [0.29, 0.717) is 31.3 Å². The van der Waals surface area contributed by atoms with Crippen LogP contribution in [0.4, 0.5) is 0 Å². The minimum absolute atomic E-state index is 0.0187. The highest BCUT2D eigenvalue weighted by Crippen LogP contribution is 2.29. The molecule has 1 amide bonds. The van der Waals surface area contributed by atoms with Gasteiger partial charge in [-0.2, -0.15) is 4.31 Å². The summed E-state index contributed by atoms with van der Waals surface area (Å²) in [5.74, 6) is 0.695. The number of rotatable bonds is 6. The number of amides is 1. The minimum atomic E-state index is -3.77. The predicted octanol–water partition coefficient (Wildman–Crippen LogP) is 4.04. The van der Waals surface area contributed by atoms with Gasteiger partial charge in [0.25, 0.3) is 5.91 Å². The lowest BCUT2D eigenvalue weighted by Crippen LogP contribution is -2.39. The maximum absolute atomic E-state index is 13.2. The Morgan fingerprint density at radius 2 is 2.00 bits per heavy atom. The molecule has 2 aromatic carbocycles. The molecule has 30 heavy (non-hydrogen) atoms. The van der Waals surface area contributed by atoms with Gasteiger partial charge in [0.2, 0.25) is 10.0 Å². The molecule has 162 valence electrons. The summed E-state index contributed by atoms with van der Waals surface area (Å²) in [6.45, 7) is 3.30. The number of carbonyl (C=O) groups excluding carboxylic acids is 1. The number of carbonyl (C=O) groups is 1. The van der Waals surface area contributed by atoms with Crippen molar-refractivity contribution in [1.82, 2.24) is 9.21 Å². The highest BCUT2D eigenvalue weighted by molar-refractivity contribution is 7.89. The molecule has 3 rings (SSSR count). The van der Waals surface area contributed by atoms with E-state index in [4.69, 9.17) is 16.3 Å². The quantitative estimate of drug-likeness (QED) is 0.666. The number of para-hydroxylation sites is 1. The van der Waals surface area contributed by atoms with Gasteiger partial charge in [-0.3, -0.25) is 4.79 Å². The van der Waals surface area contributed by atoms with Crippen LogP contribution in [0.1, 0.15) is 35.7 Å². The largest absolute Gasteiger partial charge is 0.496 e. The molecule has 1 saturated heterocycles. The minimum Gasteiger partial charge on any atom is -0.496 e. The van der Waals surface area contributed by atoms with Gasteiger partial charge in [0.05, 0.1) is 12.1 Å². The van der Waals surface area contributed by atoms with Crippen LogP contribution in [0.2, 0.25) is 5.02 Å². The van der Waals surface area contributed by atoms with E-state index in [1.165, 1.54) is 21.3 Å². The van der Waals surface area contributed by atoms with Crippen molar-refractivity contribution in [3.05, 3.63) is 58.6 Å². The predicted molar refractivity (Wildman–Crippen MR) is 117 cm³/mol. The van der Waals surface area contributed by atoms with E-state index in [-0.39, 0.29) is 21.4 Å². The molecule has 1 heterocycles. The van der Waals surface area contributed by atoms with Crippen LogP contribution in [-0.2, 0) is 16.6 Å². The zero-order valence-electron chi connectivity index (χ0n) is 17.5. The normalized spacial score (nSPS) is 17.5. The van der Waals surface area contributed by atoms with E-state index >= 15 is 0 Å². The third-order valence-electron chi connectivity index (χ3n) is 5.36. The first-order valence-electron chi connectivity index (χ1n) is 9.91. The number of ether oxygens (including phenoxy) is 1. The van der Waals surface area contributed by atoms with Crippen molar-refractivity contribution in [2.45, 2.75) is 31.2 Å². The molecule has 0 N–H and O–H groups in total. The molecule has 1 aliphatic rings. The van der Waals surface area contributed by atoms with Crippen molar-refractivity contribution in [2.75, 3.05) is 27.2 Å². The SMILES string of the molecule is COc1ccccc1CN(C)C(=O)c1ccc(Cl)c(S(=O)(=O)N2CCCC(C)C2)c1. The fraction of sp³-hybridized carbons (Fsp3) is 0.409. The number of benzene rings is 2. The van der Waals surface area contributed by atoms with Crippen LogP contribution in [-0.4, -0.2) is 50.8 Å². The molecule has 8 heteroatoms. The van der Waals surface area contributed by atoms with Crippen LogP contribution in [0.15, 0.2) is 47.4 Å². The lowest BCUT2D eigenvalue weighted by atomic mass is 10.0. The number of hydrogen-bond acceptors (Lipinski definition) is 4. The molecule has 1 fully saturated rings. The van der Waals surface area contributed by atoms with E-state index < -0.39 is 10.0 Å². The topological polar surface area (TPSA) is 66.9 Å². The maximum Gasteiger partial charge on any atom is 0.253 e. The Morgan fingerprint density at radius 3 is 2.70 bits per heavy atom. The van der Waals surface area contributed by atoms with Gasteiger partial charge in [0.15, 0.2) is 0 Å². The first kappa shape index (κ1) is 22.6. The Morgan fingerprint density at radius 1 is 1.27 bits per heavy atom. The Kier molecular flexibility index (Phi) is 7.06. The summed E-state index contributed by atoms with van der Waals surface area (Å²) in [6.07, 6.45) is 1.82. The monoisotopic (exact) mass is 450 g/mol. The van der Waals surface area contributed by atoms with E-state index in [2.05, 4.69) is 0 Å². The molecule has 0 saturated carbocycles. The number of halogens is 1. The second-order valence-corrected chi connectivity index (χ2v) is 10.0. The highest BCUT2D eigenvalue weighted by atomic mass is 35.5. The lowest BCUT2D eigenvalue weighted by Gasteiger charge is -2.30. The zero-order chi connectivity index (χ0) is 21.9. The van der Waals surface area contributed by atoms with Crippen LogP contribution in [0.25, 0.3) is 0 Å². The van der Waals surface area contributed by atoms with E-state index in [9.17, 15) is 13.2 Å². The molecule has 0 aliphatic carbocycles. The van der Waals surface area contributed by atoms with Gasteiger partial charge in [-0.05, 0) is 43.0 Å². The molecule has 0 aromatic heterocycles. The molecule has 1 atom stereocenters. The molecule has 2 aromatic rings. The zero-order valence-corrected chi connectivity index (χ0v) is 19.0. The third kappa shape index (κ3) is 4.79. The molecule has 0 bridgehead atoms. The number of hydrogen-bond donors (Lipinski definition) is 0.